The van der Waals surface area contributed by atoms with Gasteiger partial charge in [-0.15, -0.1) is 5.92 Å². The number of aromatic nitrogens is 2. The van der Waals surface area contributed by atoms with Crippen molar-refractivity contribution in [2.75, 3.05) is 25.1 Å². The van der Waals surface area contributed by atoms with E-state index in [9.17, 15) is 14.4 Å². The molecule has 1 aliphatic heterocycles. The summed E-state index contributed by atoms with van der Waals surface area (Å²) in [5.74, 6) is 5.86. The summed E-state index contributed by atoms with van der Waals surface area (Å²) < 4.78 is 12.5. The van der Waals surface area contributed by atoms with Gasteiger partial charge < -0.3 is 19.8 Å². The van der Waals surface area contributed by atoms with Gasteiger partial charge >= 0.3 is 11.7 Å². The largest absolute Gasteiger partial charge is 0.463 e. The maximum atomic E-state index is 13.1. The third-order valence-corrected chi connectivity index (χ3v) is 4.81. The molecule has 154 valence electrons. The van der Waals surface area contributed by atoms with Gasteiger partial charge in [0.15, 0.2) is 0 Å². The summed E-state index contributed by atoms with van der Waals surface area (Å²) in [6, 6.07) is 4.40. The standard InChI is InChI=1S/C20H24N4O5/c1-3-4-10-23-17(22-9-5-6-14(21)12-22)11-18(25)24(20(23)27)13-15-7-8-16(29-15)19(26)28-2/h7-8,11,14H,5-6,9-10,12-13,21H2,1-2H3/t14-/m1/s1. The Balaban J connectivity index is 2.01. The van der Waals surface area contributed by atoms with Gasteiger partial charge in [-0.25, -0.2) is 9.59 Å². The molecule has 1 fully saturated rings. The Kier molecular flexibility index (Phi) is 6.24. The Hall–Kier alpha value is -3.25. The molecule has 29 heavy (non-hydrogen) atoms. The summed E-state index contributed by atoms with van der Waals surface area (Å²) in [4.78, 5) is 39.4. The Morgan fingerprint density at radius 3 is 2.83 bits per heavy atom. The number of piperidine rings is 1. The third-order valence-electron chi connectivity index (χ3n) is 4.81. The second-order valence-electron chi connectivity index (χ2n) is 6.83. The summed E-state index contributed by atoms with van der Waals surface area (Å²) in [6.07, 6.45) is 1.80. The molecule has 1 atom stereocenters. The van der Waals surface area contributed by atoms with Crippen LogP contribution in [0, 0.1) is 11.8 Å². The Labute approximate surface area is 167 Å². The molecule has 3 heterocycles. The van der Waals surface area contributed by atoms with E-state index in [0.29, 0.717) is 18.1 Å². The first-order valence-corrected chi connectivity index (χ1v) is 9.36. The van der Waals surface area contributed by atoms with Crippen molar-refractivity contribution in [2.45, 2.75) is 38.9 Å². The number of hydrogen-bond donors (Lipinski definition) is 1. The van der Waals surface area contributed by atoms with Crippen molar-refractivity contribution in [3.05, 3.63) is 50.6 Å². The van der Waals surface area contributed by atoms with Crippen LogP contribution in [0.1, 0.15) is 36.1 Å². The fourth-order valence-electron chi connectivity index (χ4n) is 3.37. The highest BCUT2D eigenvalue weighted by Crippen LogP contribution is 2.17. The minimum absolute atomic E-state index is 0.00616. The second kappa shape index (κ2) is 8.84. The molecule has 1 aliphatic rings. The van der Waals surface area contributed by atoms with E-state index in [2.05, 4.69) is 16.6 Å². The molecule has 9 heteroatoms. The van der Waals surface area contributed by atoms with Crippen molar-refractivity contribution < 1.29 is 13.9 Å². The zero-order valence-corrected chi connectivity index (χ0v) is 16.5. The normalized spacial score (nSPS) is 16.2. The predicted molar refractivity (Wildman–Crippen MR) is 107 cm³/mol. The van der Waals surface area contributed by atoms with Crippen LogP contribution in [0.5, 0.6) is 0 Å². The molecule has 3 rings (SSSR count). The van der Waals surface area contributed by atoms with Crippen molar-refractivity contribution >= 4 is 11.8 Å². The molecule has 0 amide bonds. The van der Waals surface area contributed by atoms with Gasteiger partial charge in [0.1, 0.15) is 11.6 Å². The van der Waals surface area contributed by atoms with E-state index in [1.165, 1.54) is 29.9 Å². The van der Waals surface area contributed by atoms with E-state index in [4.69, 9.17) is 10.2 Å². The monoisotopic (exact) mass is 400 g/mol. The Bertz CT molecular complexity index is 1070. The summed E-state index contributed by atoms with van der Waals surface area (Å²) in [5.41, 5.74) is 5.12. The van der Waals surface area contributed by atoms with Crippen LogP contribution in [0.4, 0.5) is 5.82 Å². The summed E-state index contributed by atoms with van der Waals surface area (Å²) >= 11 is 0. The van der Waals surface area contributed by atoms with Gasteiger partial charge in [-0.05, 0) is 31.9 Å². The van der Waals surface area contributed by atoms with Gasteiger partial charge in [0, 0.05) is 25.2 Å². The van der Waals surface area contributed by atoms with Gasteiger partial charge in [-0.2, -0.15) is 0 Å². The van der Waals surface area contributed by atoms with E-state index < -0.39 is 17.2 Å². The maximum absolute atomic E-state index is 13.1. The van der Waals surface area contributed by atoms with Crippen LogP contribution >= 0.6 is 0 Å². The number of carbonyl (C=O) groups excluding carboxylic acids is 1. The highest BCUT2D eigenvalue weighted by atomic mass is 16.5. The molecule has 0 aromatic carbocycles. The number of methoxy groups -OCH3 is 1. The lowest BCUT2D eigenvalue weighted by Crippen LogP contribution is -2.48. The van der Waals surface area contributed by atoms with E-state index in [0.717, 1.165) is 24.0 Å². The van der Waals surface area contributed by atoms with Crippen molar-refractivity contribution in [3.8, 4) is 11.8 Å². The predicted octanol–water partition coefficient (Wildman–Crippen LogP) is 0.389. The number of ether oxygens (including phenoxy) is 1. The molecule has 0 saturated carbocycles. The number of esters is 1. The molecule has 2 aromatic heterocycles. The topological polar surface area (TPSA) is 113 Å². The van der Waals surface area contributed by atoms with Crippen LogP contribution in [0.15, 0.2) is 32.2 Å². The molecule has 0 bridgehead atoms. The second-order valence-corrected chi connectivity index (χ2v) is 6.83. The fraction of sp³-hybridized carbons (Fsp3) is 0.450. The first kappa shape index (κ1) is 20.5. The minimum Gasteiger partial charge on any atom is -0.463 e. The zero-order chi connectivity index (χ0) is 21.0. The minimum atomic E-state index is -0.629. The molecular formula is C20H24N4O5. The molecule has 1 saturated heterocycles. The molecule has 2 N–H and O–H groups in total. The quantitative estimate of drug-likeness (QED) is 0.571. The first-order chi connectivity index (χ1) is 13.9. The SMILES string of the molecule is CC#CCn1c(N2CCC[C@@H](N)C2)cc(=O)n(Cc2ccc(C(=O)OC)o2)c1=O. The highest BCUT2D eigenvalue weighted by Gasteiger charge is 2.22. The van der Waals surface area contributed by atoms with Crippen molar-refractivity contribution in [2.24, 2.45) is 5.73 Å². The fourth-order valence-corrected chi connectivity index (χ4v) is 3.37. The van der Waals surface area contributed by atoms with Crippen LogP contribution in [0.25, 0.3) is 0 Å². The number of anilines is 1. The van der Waals surface area contributed by atoms with Crippen molar-refractivity contribution in [1.29, 1.82) is 0 Å². The molecule has 0 aliphatic carbocycles. The van der Waals surface area contributed by atoms with Crippen molar-refractivity contribution in [1.82, 2.24) is 9.13 Å². The molecule has 0 radical (unpaired) electrons. The average Bonchev–Trinajstić information content (AvgIpc) is 3.18. The smallest absolute Gasteiger partial charge is 0.373 e. The van der Waals surface area contributed by atoms with Crippen LogP contribution < -0.4 is 21.9 Å². The van der Waals surface area contributed by atoms with Crippen LogP contribution in [0.3, 0.4) is 0 Å². The first-order valence-electron chi connectivity index (χ1n) is 9.36. The van der Waals surface area contributed by atoms with Crippen LogP contribution in [0.2, 0.25) is 0 Å². The number of carbonyl (C=O) groups is 1. The number of furan rings is 1. The lowest BCUT2D eigenvalue weighted by molar-refractivity contribution is 0.0563. The zero-order valence-electron chi connectivity index (χ0n) is 16.5. The Morgan fingerprint density at radius 1 is 1.34 bits per heavy atom. The molecule has 0 spiro atoms. The third kappa shape index (κ3) is 4.43. The lowest BCUT2D eigenvalue weighted by Gasteiger charge is -2.33. The van der Waals surface area contributed by atoms with Gasteiger partial charge in [0.2, 0.25) is 5.76 Å². The summed E-state index contributed by atoms with van der Waals surface area (Å²) in [5, 5.41) is 0. The van der Waals surface area contributed by atoms with Gasteiger partial charge in [-0.1, -0.05) is 5.92 Å². The number of rotatable bonds is 5. The molecule has 0 unspecified atom stereocenters. The van der Waals surface area contributed by atoms with Crippen LogP contribution in [-0.2, 0) is 17.8 Å². The van der Waals surface area contributed by atoms with E-state index in [-0.39, 0.29) is 24.9 Å². The Morgan fingerprint density at radius 2 is 2.14 bits per heavy atom. The molecule has 9 nitrogen and oxygen atoms in total. The number of nitrogens with two attached hydrogens (primary N) is 1. The summed E-state index contributed by atoms with van der Waals surface area (Å²) in [6.45, 7) is 3.03. The summed E-state index contributed by atoms with van der Waals surface area (Å²) in [7, 11) is 1.24. The highest BCUT2D eigenvalue weighted by molar-refractivity contribution is 5.86. The van der Waals surface area contributed by atoms with E-state index in [1.807, 2.05) is 4.90 Å². The molecular weight excluding hydrogens is 376 g/mol. The van der Waals surface area contributed by atoms with E-state index >= 15 is 0 Å². The number of nitrogens with zero attached hydrogens (tertiary/aromatic N) is 3. The van der Waals surface area contributed by atoms with Gasteiger partial charge in [0.05, 0.1) is 20.2 Å². The number of hydrogen-bond acceptors (Lipinski definition) is 7. The molecule has 2 aromatic rings. The van der Waals surface area contributed by atoms with Crippen molar-refractivity contribution in [3.63, 3.8) is 0 Å². The van der Waals surface area contributed by atoms with Crippen LogP contribution in [-0.4, -0.2) is 41.3 Å². The average molecular weight is 400 g/mol. The maximum Gasteiger partial charge on any atom is 0.373 e. The lowest BCUT2D eigenvalue weighted by atomic mass is 10.1. The van der Waals surface area contributed by atoms with Gasteiger partial charge in [-0.3, -0.25) is 13.9 Å². The van der Waals surface area contributed by atoms with E-state index in [1.54, 1.807) is 6.92 Å². The van der Waals surface area contributed by atoms with Gasteiger partial charge in [0.25, 0.3) is 5.56 Å².